The van der Waals surface area contributed by atoms with Gasteiger partial charge in [-0.25, -0.2) is 0 Å². The molecule has 3 aromatic heterocycles. The van der Waals surface area contributed by atoms with E-state index in [-0.39, 0.29) is 5.41 Å². The van der Waals surface area contributed by atoms with Gasteiger partial charge in [0.25, 0.3) is 0 Å². The normalized spacial score (nSPS) is 13.4. The maximum atomic E-state index is 6.68. The van der Waals surface area contributed by atoms with E-state index in [2.05, 4.69) is 241 Å². The molecule has 0 atom stereocenters. The summed E-state index contributed by atoms with van der Waals surface area (Å²) in [7, 11) is 0. The van der Waals surface area contributed by atoms with E-state index in [0.717, 1.165) is 44.4 Å². The van der Waals surface area contributed by atoms with Crippen LogP contribution in [0, 0.1) is 0 Å². The number of furan rings is 1. The van der Waals surface area contributed by atoms with E-state index in [1.54, 1.807) is 0 Å². The zero-order valence-electron chi connectivity index (χ0n) is 38.6. The van der Waals surface area contributed by atoms with Crippen molar-refractivity contribution in [3.63, 3.8) is 0 Å². The van der Waals surface area contributed by atoms with Gasteiger partial charge in [-0.3, -0.25) is 0 Å². The second-order valence-electron chi connectivity index (χ2n) is 20.0. The number of para-hydroxylation sites is 2. The molecular formula is C67H42N2O. The fourth-order valence-electron chi connectivity index (χ4n) is 12.8. The van der Waals surface area contributed by atoms with E-state index >= 15 is 0 Å². The van der Waals surface area contributed by atoms with Crippen LogP contribution in [0.1, 0.15) is 25.0 Å². The molecular weight excluding hydrogens is 849 g/mol. The van der Waals surface area contributed by atoms with Crippen LogP contribution < -0.4 is 0 Å². The van der Waals surface area contributed by atoms with Crippen LogP contribution in [0.5, 0.6) is 0 Å². The summed E-state index contributed by atoms with van der Waals surface area (Å²) in [4.78, 5) is 0. The maximum Gasteiger partial charge on any atom is 0.137 e. The monoisotopic (exact) mass is 890 g/mol. The molecule has 3 heteroatoms. The molecule has 0 radical (unpaired) electrons. The van der Waals surface area contributed by atoms with E-state index < -0.39 is 0 Å². The molecule has 0 bridgehead atoms. The molecule has 0 fully saturated rings. The first kappa shape index (κ1) is 38.1. The SMILES string of the molecule is CC1(C)c2ccccc2-c2cc3c4cc(-c5ccc6oc7cc8c(cc7c6c5)c5ccccc5n8-c5ccccc5)ccc4n(-c4cccc(-c5ccc6c7c(cccc57)-c5ccccc5-6)c4)c3cc21. The molecule has 3 heterocycles. The summed E-state index contributed by atoms with van der Waals surface area (Å²) in [5.74, 6) is 0. The van der Waals surface area contributed by atoms with Gasteiger partial charge in [-0.05, 0) is 150 Å². The van der Waals surface area contributed by atoms with Crippen LogP contribution in [-0.4, -0.2) is 9.13 Å². The zero-order chi connectivity index (χ0) is 46.0. The number of rotatable bonds is 4. The summed E-state index contributed by atoms with van der Waals surface area (Å²) in [5.41, 5.74) is 24.1. The smallest absolute Gasteiger partial charge is 0.137 e. The summed E-state index contributed by atoms with van der Waals surface area (Å²) in [5, 5.41) is 9.82. The van der Waals surface area contributed by atoms with Gasteiger partial charge in [0.1, 0.15) is 11.2 Å². The summed E-state index contributed by atoms with van der Waals surface area (Å²) < 4.78 is 11.5. The van der Waals surface area contributed by atoms with Crippen molar-refractivity contribution in [1.82, 2.24) is 9.13 Å². The number of nitrogens with zero attached hydrogens (tertiary/aromatic N) is 2. The Kier molecular flexibility index (Phi) is 7.41. The highest BCUT2D eigenvalue weighted by Crippen LogP contribution is 2.53. The van der Waals surface area contributed by atoms with Crippen LogP contribution in [0.25, 0.3) is 143 Å². The van der Waals surface area contributed by atoms with Crippen LogP contribution >= 0.6 is 0 Å². The van der Waals surface area contributed by atoms with Gasteiger partial charge in [-0.15, -0.1) is 0 Å². The van der Waals surface area contributed by atoms with Crippen molar-refractivity contribution < 1.29 is 4.42 Å². The maximum absolute atomic E-state index is 6.68. The minimum atomic E-state index is -0.137. The molecule has 0 saturated heterocycles. The molecule has 16 rings (SSSR count). The number of hydrogen-bond donors (Lipinski definition) is 0. The van der Waals surface area contributed by atoms with Crippen molar-refractivity contribution in [3.05, 3.63) is 230 Å². The molecule has 326 valence electrons. The number of aromatic nitrogens is 2. The summed E-state index contributed by atoms with van der Waals surface area (Å²) in [6.07, 6.45) is 0. The average Bonchev–Trinajstić information content (AvgIpc) is 4.18. The molecule has 70 heavy (non-hydrogen) atoms. The molecule has 0 aliphatic heterocycles. The number of benzene rings is 11. The van der Waals surface area contributed by atoms with Crippen molar-refractivity contribution in [3.8, 4) is 67.0 Å². The van der Waals surface area contributed by atoms with Crippen molar-refractivity contribution in [2.75, 3.05) is 0 Å². The Morgan fingerprint density at radius 3 is 1.77 bits per heavy atom. The van der Waals surface area contributed by atoms with E-state index in [1.165, 1.54) is 110 Å². The lowest BCUT2D eigenvalue weighted by atomic mass is 9.82. The molecule has 0 spiro atoms. The Morgan fingerprint density at radius 1 is 0.300 bits per heavy atom. The van der Waals surface area contributed by atoms with E-state index in [0.29, 0.717) is 0 Å². The van der Waals surface area contributed by atoms with E-state index in [4.69, 9.17) is 4.42 Å². The number of fused-ring (bicyclic) bond motifs is 15. The van der Waals surface area contributed by atoms with E-state index in [9.17, 15) is 0 Å². The Bertz CT molecular complexity index is 4580. The quantitative estimate of drug-likeness (QED) is 0.173. The molecule has 3 nitrogen and oxygen atoms in total. The van der Waals surface area contributed by atoms with Gasteiger partial charge >= 0.3 is 0 Å². The summed E-state index contributed by atoms with van der Waals surface area (Å²) in [6.45, 7) is 4.76. The van der Waals surface area contributed by atoms with Crippen LogP contribution in [0.4, 0.5) is 0 Å². The van der Waals surface area contributed by atoms with Gasteiger partial charge < -0.3 is 13.6 Å². The highest BCUT2D eigenvalue weighted by atomic mass is 16.3. The van der Waals surface area contributed by atoms with Gasteiger partial charge in [0.15, 0.2) is 0 Å². The largest absolute Gasteiger partial charge is 0.456 e. The molecule has 0 unspecified atom stereocenters. The fourth-order valence-corrected chi connectivity index (χ4v) is 12.8. The number of hydrogen-bond acceptors (Lipinski definition) is 1. The molecule has 0 amide bonds. The highest BCUT2D eigenvalue weighted by Gasteiger charge is 2.36. The van der Waals surface area contributed by atoms with Crippen LogP contribution in [0.15, 0.2) is 223 Å². The first-order valence-corrected chi connectivity index (χ1v) is 24.4. The lowest BCUT2D eigenvalue weighted by Crippen LogP contribution is -2.14. The first-order chi connectivity index (χ1) is 34.5. The van der Waals surface area contributed by atoms with Gasteiger partial charge in [0, 0.05) is 55.2 Å². The van der Waals surface area contributed by atoms with Crippen molar-refractivity contribution in [2.24, 2.45) is 0 Å². The third-order valence-corrected chi connectivity index (χ3v) is 16.0. The Labute approximate surface area is 403 Å². The molecule has 0 saturated carbocycles. The summed E-state index contributed by atoms with van der Waals surface area (Å²) >= 11 is 0. The Balaban J connectivity index is 0.891. The van der Waals surface area contributed by atoms with Crippen LogP contribution in [0.2, 0.25) is 0 Å². The Hall–Kier alpha value is -8.92. The molecule has 14 aromatic rings. The second kappa shape index (κ2) is 13.6. The predicted molar refractivity (Wildman–Crippen MR) is 293 cm³/mol. The van der Waals surface area contributed by atoms with Gasteiger partial charge in [0.05, 0.1) is 22.1 Å². The lowest BCUT2D eigenvalue weighted by Gasteiger charge is -2.21. The predicted octanol–water partition coefficient (Wildman–Crippen LogP) is 18.2. The van der Waals surface area contributed by atoms with Crippen molar-refractivity contribution in [1.29, 1.82) is 0 Å². The lowest BCUT2D eigenvalue weighted by molar-refractivity contribution is 0.661. The Morgan fingerprint density at radius 2 is 0.900 bits per heavy atom. The van der Waals surface area contributed by atoms with Crippen LogP contribution in [-0.2, 0) is 5.41 Å². The minimum Gasteiger partial charge on any atom is -0.456 e. The third-order valence-electron chi connectivity index (χ3n) is 16.0. The summed E-state index contributed by atoms with van der Waals surface area (Å²) in [6, 6.07) is 81.2. The van der Waals surface area contributed by atoms with Gasteiger partial charge in [0.2, 0.25) is 0 Å². The highest BCUT2D eigenvalue weighted by molar-refractivity contribution is 6.20. The van der Waals surface area contributed by atoms with Crippen LogP contribution in [0.3, 0.4) is 0 Å². The standard InChI is InChI=1S/C67H42N2O/c1-67(2)58-24-10-8-20-47(58)52-35-55-53-33-39(40-27-31-64-56(34-40)57-36-54-48-21-9-11-25-60(48)68(42-15-4-3-5-16-42)63(54)38-65(57)70-64)26-30-61(53)69(62(55)37-59(52)67)43-17-12-14-41(32-43)44-28-29-51-46-19-7-6-18-45(46)50-23-13-22-49(44)66(50)51/h3-38H,1-2H3. The molecule has 2 aliphatic rings. The second-order valence-corrected chi connectivity index (χ2v) is 20.0. The third kappa shape index (κ3) is 5.03. The van der Waals surface area contributed by atoms with E-state index in [1.807, 2.05) is 0 Å². The topological polar surface area (TPSA) is 23.0 Å². The fraction of sp³-hybridized carbons (Fsp3) is 0.0448. The molecule has 0 N–H and O–H groups in total. The average molecular weight is 891 g/mol. The van der Waals surface area contributed by atoms with Crippen molar-refractivity contribution in [2.45, 2.75) is 19.3 Å². The van der Waals surface area contributed by atoms with Gasteiger partial charge in [-0.1, -0.05) is 153 Å². The van der Waals surface area contributed by atoms with Crippen molar-refractivity contribution >= 4 is 76.3 Å². The minimum absolute atomic E-state index is 0.137. The first-order valence-electron chi connectivity index (χ1n) is 24.4. The molecule has 2 aliphatic carbocycles. The van der Waals surface area contributed by atoms with Gasteiger partial charge in [-0.2, -0.15) is 0 Å². The zero-order valence-corrected chi connectivity index (χ0v) is 38.6. The molecule has 11 aromatic carbocycles.